The SMILES string of the molecule is Cc1cnccc1NCC[C@H]1CCCN1. The van der Waals surface area contributed by atoms with Crippen LogP contribution in [0.3, 0.4) is 0 Å². The summed E-state index contributed by atoms with van der Waals surface area (Å²) >= 11 is 0. The molecule has 2 rings (SSSR count). The number of aryl methyl sites for hydroxylation is 1. The fourth-order valence-corrected chi connectivity index (χ4v) is 2.06. The summed E-state index contributed by atoms with van der Waals surface area (Å²) in [7, 11) is 0. The number of anilines is 1. The summed E-state index contributed by atoms with van der Waals surface area (Å²) in [6, 6.07) is 2.76. The van der Waals surface area contributed by atoms with E-state index >= 15 is 0 Å². The third kappa shape index (κ3) is 2.93. The molecule has 1 aliphatic rings. The highest BCUT2D eigenvalue weighted by Gasteiger charge is 2.12. The van der Waals surface area contributed by atoms with Gasteiger partial charge in [-0.2, -0.15) is 0 Å². The zero-order valence-corrected chi connectivity index (χ0v) is 9.29. The molecule has 2 heterocycles. The monoisotopic (exact) mass is 205 g/mol. The molecule has 1 aliphatic heterocycles. The minimum absolute atomic E-state index is 0.722. The minimum Gasteiger partial charge on any atom is -0.385 e. The second kappa shape index (κ2) is 5.12. The highest BCUT2D eigenvalue weighted by molar-refractivity contribution is 5.48. The average molecular weight is 205 g/mol. The molecule has 1 aromatic heterocycles. The summed E-state index contributed by atoms with van der Waals surface area (Å²) in [6.07, 6.45) is 7.61. The van der Waals surface area contributed by atoms with Crippen LogP contribution in [0, 0.1) is 6.92 Å². The van der Waals surface area contributed by atoms with E-state index in [2.05, 4.69) is 22.5 Å². The van der Waals surface area contributed by atoms with Crippen LogP contribution in [-0.4, -0.2) is 24.1 Å². The molecule has 15 heavy (non-hydrogen) atoms. The van der Waals surface area contributed by atoms with Crippen LogP contribution in [0.4, 0.5) is 5.69 Å². The Morgan fingerprint density at radius 1 is 1.60 bits per heavy atom. The maximum atomic E-state index is 4.08. The Bertz CT molecular complexity index is 305. The lowest BCUT2D eigenvalue weighted by Crippen LogP contribution is -2.24. The van der Waals surface area contributed by atoms with Crippen LogP contribution in [0.1, 0.15) is 24.8 Å². The van der Waals surface area contributed by atoms with Crippen LogP contribution < -0.4 is 10.6 Å². The highest BCUT2D eigenvalue weighted by Crippen LogP contribution is 2.13. The molecule has 1 atom stereocenters. The van der Waals surface area contributed by atoms with E-state index in [0.717, 1.165) is 12.6 Å². The van der Waals surface area contributed by atoms with Gasteiger partial charge in [-0.25, -0.2) is 0 Å². The van der Waals surface area contributed by atoms with Gasteiger partial charge in [-0.3, -0.25) is 4.98 Å². The first-order valence-electron chi connectivity index (χ1n) is 5.74. The quantitative estimate of drug-likeness (QED) is 0.789. The second-order valence-electron chi connectivity index (χ2n) is 4.20. The van der Waals surface area contributed by atoms with Crippen LogP contribution in [0.25, 0.3) is 0 Å². The van der Waals surface area contributed by atoms with Crippen molar-refractivity contribution in [3.05, 3.63) is 24.0 Å². The largest absolute Gasteiger partial charge is 0.385 e. The van der Waals surface area contributed by atoms with Crippen molar-refractivity contribution in [2.75, 3.05) is 18.4 Å². The molecule has 1 saturated heterocycles. The second-order valence-corrected chi connectivity index (χ2v) is 4.20. The summed E-state index contributed by atoms with van der Waals surface area (Å²) in [4.78, 5) is 4.08. The van der Waals surface area contributed by atoms with Crippen LogP contribution in [0.5, 0.6) is 0 Å². The Labute approximate surface area is 91.3 Å². The molecular formula is C12H19N3. The van der Waals surface area contributed by atoms with Gasteiger partial charge in [-0.1, -0.05) is 0 Å². The molecule has 0 bridgehead atoms. The number of nitrogens with zero attached hydrogens (tertiary/aromatic N) is 1. The number of pyridine rings is 1. The van der Waals surface area contributed by atoms with E-state index in [-0.39, 0.29) is 0 Å². The van der Waals surface area contributed by atoms with Gasteiger partial charge in [0.2, 0.25) is 0 Å². The van der Waals surface area contributed by atoms with Crippen molar-refractivity contribution < 1.29 is 0 Å². The highest BCUT2D eigenvalue weighted by atomic mass is 15.0. The molecule has 3 heteroatoms. The van der Waals surface area contributed by atoms with E-state index in [4.69, 9.17) is 0 Å². The van der Waals surface area contributed by atoms with E-state index in [1.54, 1.807) is 0 Å². The third-order valence-corrected chi connectivity index (χ3v) is 2.99. The number of nitrogens with one attached hydrogen (secondary N) is 2. The van der Waals surface area contributed by atoms with Crippen molar-refractivity contribution in [3.8, 4) is 0 Å². The first-order valence-corrected chi connectivity index (χ1v) is 5.74. The van der Waals surface area contributed by atoms with Crippen molar-refractivity contribution in [3.63, 3.8) is 0 Å². The number of hydrogen-bond donors (Lipinski definition) is 2. The van der Waals surface area contributed by atoms with Crippen molar-refractivity contribution in [2.24, 2.45) is 0 Å². The van der Waals surface area contributed by atoms with Gasteiger partial charge in [0, 0.05) is 30.7 Å². The Morgan fingerprint density at radius 2 is 2.53 bits per heavy atom. The van der Waals surface area contributed by atoms with Crippen LogP contribution in [0.2, 0.25) is 0 Å². The van der Waals surface area contributed by atoms with Gasteiger partial charge in [-0.15, -0.1) is 0 Å². The molecule has 1 fully saturated rings. The smallest absolute Gasteiger partial charge is 0.0400 e. The molecule has 0 unspecified atom stereocenters. The summed E-state index contributed by atoms with van der Waals surface area (Å²) < 4.78 is 0. The van der Waals surface area contributed by atoms with Gasteiger partial charge < -0.3 is 10.6 Å². The van der Waals surface area contributed by atoms with Gasteiger partial charge in [-0.05, 0) is 44.4 Å². The predicted octanol–water partition coefficient (Wildman–Crippen LogP) is 1.94. The molecule has 3 nitrogen and oxygen atoms in total. The summed E-state index contributed by atoms with van der Waals surface area (Å²) in [5.74, 6) is 0. The van der Waals surface area contributed by atoms with E-state index in [1.165, 1.54) is 37.1 Å². The number of hydrogen-bond acceptors (Lipinski definition) is 3. The maximum Gasteiger partial charge on any atom is 0.0400 e. The molecule has 0 saturated carbocycles. The van der Waals surface area contributed by atoms with Gasteiger partial charge >= 0.3 is 0 Å². The van der Waals surface area contributed by atoms with Gasteiger partial charge in [0.05, 0.1) is 0 Å². The molecule has 0 amide bonds. The first-order chi connectivity index (χ1) is 7.36. The van der Waals surface area contributed by atoms with E-state index < -0.39 is 0 Å². The molecule has 0 radical (unpaired) electrons. The molecule has 0 aromatic carbocycles. The fourth-order valence-electron chi connectivity index (χ4n) is 2.06. The molecule has 1 aromatic rings. The Hall–Kier alpha value is -1.09. The van der Waals surface area contributed by atoms with Crippen molar-refractivity contribution in [2.45, 2.75) is 32.2 Å². The maximum absolute atomic E-state index is 4.08. The van der Waals surface area contributed by atoms with Crippen molar-refractivity contribution >= 4 is 5.69 Å². The number of rotatable bonds is 4. The van der Waals surface area contributed by atoms with Crippen molar-refractivity contribution in [1.29, 1.82) is 0 Å². The van der Waals surface area contributed by atoms with Gasteiger partial charge in [0.25, 0.3) is 0 Å². The Morgan fingerprint density at radius 3 is 3.27 bits per heavy atom. The first kappa shape index (κ1) is 10.4. The lowest BCUT2D eigenvalue weighted by Gasteiger charge is -2.12. The summed E-state index contributed by atoms with van der Waals surface area (Å²) in [5, 5.41) is 6.96. The Kier molecular flexibility index (Phi) is 3.56. The third-order valence-electron chi connectivity index (χ3n) is 2.99. The van der Waals surface area contributed by atoms with Gasteiger partial charge in [0.1, 0.15) is 0 Å². The summed E-state index contributed by atoms with van der Waals surface area (Å²) in [5.41, 5.74) is 2.43. The molecule has 82 valence electrons. The van der Waals surface area contributed by atoms with Crippen LogP contribution in [0.15, 0.2) is 18.5 Å². The zero-order valence-electron chi connectivity index (χ0n) is 9.29. The standard InChI is InChI=1S/C12H19N3/c1-10-9-13-7-5-12(10)15-8-4-11-3-2-6-14-11/h5,7,9,11,14H,2-4,6,8H2,1H3,(H,13,15)/t11-/m1/s1. The minimum atomic E-state index is 0.722. The Balaban J connectivity index is 1.75. The predicted molar refractivity (Wildman–Crippen MR) is 63.1 cm³/mol. The lowest BCUT2D eigenvalue weighted by atomic mass is 10.1. The topological polar surface area (TPSA) is 37.0 Å². The average Bonchev–Trinajstić information content (AvgIpc) is 2.74. The normalized spacial score (nSPS) is 20.5. The molecule has 0 aliphatic carbocycles. The van der Waals surface area contributed by atoms with Crippen LogP contribution in [-0.2, 0) is 0 Å². The lowest BCUT2D eigenvalue weighted by molar-refractivity contribution is 0.574. The number of aromatic nitrogens is 1. The summed E-state index contributed by atoms with van der Waals surface area (Å²) in [6.45, 7) is 4.32. The van der Waals surface area contributed by atoms with E-state index in [1.807, 2.05) is 18.5 Å². The van der Waals surface area contributed by atoms with Crippen LogP contribution >= 0.6 is 0 Å². The molecule has 0 spiro atoms. The van der Waals surface area contributed by atoms with E-state index in [9.17, 15) is 0 Å². The fraction of sp³-hybridized carbons (Fsp3) is 0.583. The van der Waals surface area contributed by atoms with E-state index in [0.29, 0.717) is 0 Å². The zero-order chi connectivity index (χ0) is 10.5. The van der Waals surface area contributed by atoms with Crippen molar-refractivity contribution in [1.82, 2.24) is 10.3 Å². The molecular weight excluding hydrogens is 186 g/mol. The molecule has 2 N–H and O–H groups in total. The van der Waals surface area contributed by atoms with Gasteiger partial charge in [0.15, 0.2) is 0 Å².